The second-order valence-electron chi connectivity index (χ2n) is 9.70. The number of nitrogens with one attached hydrogen (secondary N) is 1. The van der Waals surface area contributed by atoms with Crippen LogP contribution in [0.3, 0.4) is 0 Å². The fraction of sp³-hybridized carbons (Fsp3) is 0.519. The number of rotatable bonds is 11. The minimum absolute atomic E-state index is 0.0202. The van der Waals surface area contributed by atoms with E-state index in [0.29, 0.717) is 13.2 Å². The van der Waals surface area contributed by atoms with Gasteiger partial charge in [-0.15, -0.1) is 0 Å². The molecule has 5 nitrogen and oxygen atoms in total. The number of ether oxygens (including phenoxy) is 1. The molecule has 0 aliphatic heterocycles. The van der Waals surface area contributed by atoms with Gasteiger partial charge in [-0.05, 0) is 66.3 Å². The second-order valence-corrected chi connectivity index (χ2v) is 9.70. The Bertz CT molecular complexity index is 918. The highest BCUT2D eigenvalue weighted by molar-refractivity contribution is 5.97. The van der Waals surface area contributed by atoms with E-state index in [2.05, 4.69) is 65.1 Å². The Balaban J connectivity index is 1.93. The Morgan fingerprint density at radius 1 is 0.938 bits per heavy atom. The maximum Gasteiger partial charge on any atom is 0.255 e. The summed E-state index contributed by atoms with van der Waals surface area (Å²) < 4.78 is 6.17. The summed E-state index contributed by atoms with van der Waals surface area (Å²) in [5.74, 6) is 0.326. The lowest BCUT2D eigenvalue weighted by molar-refractivity contribution is 0.0949. The topological polar surface area (TPSA) is 78.8 Å². The monoisotopic (exact) mass is 441 g/mol. The molecule has 32 heavy (non-hydrogen) atoms. The molecule has 3 N–H and O–H groups in total. The van der Waals surface area contributed by atoms with E-state index in [-0.39, 0.29) is 27.9 Å². The van der Waals surface area contributed by atoms with Gasteiger partial charge in [0, 0.05) is 12.1 Å². The molecular formula is C27H39NO4. The van der Waals surface area contributed by atoms with Gasteiger partial charge in [0.05, 0.1) is 12.2 Å². The molecule has 0 bridgehead atoms. The van der Waals surface area contributed by atoms with Gasteiger partial charge < -0.3 is 20.3 Å². The molecule has 0 heterocycles. The first-order chi connectivity index (χ1) is 15.0. The number of carbonyl (C=O) groups is 1. The molecule has 5 heteroatoms. The van der Waals surface area contributed by atoms with Crippen molar-refractivity contribution >= 4 is 5.91 Å². The molecular weight excluding hydrogens is 402 g/mol. The van der Waals surface area contributed by atoms with Crippen molar-refractivity contribution in [1.82, 2.24) is 5.32 Å². The first-order valence-electron chi connectivity index (χ1n) is 11.6. The Morgan fingerprint density at radius 2 is 1.62 bits per heavy atom. The maximum absolute atomic E-state index is 12.2. The summed E-state index contributed by atoms with van der Waals surface area (Å²) in [5.41, 5.74) is 2.79. The smallest absolute Gasteiger partial charge is 0.255 e. The van der Waals surface area contributed by atoms with E-state index in [1.165, 1.54) is 29.3 Å². The summed E-state index contributed by atoms with van der Waals surface area (Å²) in [6.45, 7) is 14.5. The van der Waals surface area contributed by atoms with Crippen LogP contribution < -0.4 is 10.1 Å². The zero-order chi connectivity index (χ0) is 23.9. The van der Waals surface area contributed by atoms with Gasteiger partial charge in [-0.25, -0.2) is 0 Å². The van der Waals surface area contributed by atoms with E-state index < -0.39 is 5.91 Å². The Hall–Kier alpha value is -2.69. The Labute approximate surface area is 192 Å². The largest absolute Gasteiger partial charge is 0.508 e. The summed E-state index contributed by atoms with van der Waals surface area (Å²) in [7, 11) is 0. The summed E-state index contributed by atoms with van der Waals surface area (Å²) in [6.07, 6.45) is 3.64. The molecule has 0 atom stereocenters. The summed E-state index contributed by atoms with van der Waals surface area (Å²) in [5, 5.41) is 22.1. The first kappa shape index (κ1) is 25.6. The van der Waals surface area contributed by atoms with Crippen molar-refractivity contribution in [2.75, 3.05) is 13.2 Å². The number of hydrogen-bond donors (Lipinski definition) is 3. The molecule has 0 radical (unpaired) electrons. The highest BCUT2D eigenvalue weighted by atomic mass is 16.5. The van der Waals surface area contributed by atoms with Crippen LogP contribution in [0, 0.1) is 0 Å². The average molecular weight is 442 g/mol. The lowest BCUT2D eigenvalue weighted by atomic mass is 9.76. The predicted octanol–water partition coefficient (Wildman–Crippen LogP) is 6.06. The first-order valence-corrected chi connectivity index (χ1v) is 11.6. The number of aromatic hydroxyl groups is 2. The van der Waals surface area contributed by atoms with Crippen LogP contribution in [0.5, 0.6) is 17.2 Å². The van der Waals surface area contributed by atoms with Crippen LogP contribution in [0.25, 0.3) is 0 Å². The molecule has 0 saturated carbocycles. The molecule has 0 fully saturated rings. The van der Waals surface area contributed by atoms with E-state index >= 15 is 0 Å². The molecule has 2 aromatic rings. The highest BCUT2D eigenvalue weighted by Gasteiger charge is 2.26. The van der Waals surface area contributed by atoms with Gasteiger partial charge in [0.15, 0.2) is 0 Å². The Morgan fingerprint density at radius 3 is 2.28 bits per heavy atom. The van der Waals surface area contributed by atoms with Gasteiger partial charge in [-0.2, -0.15) is 0 Å². The van der Waals surface area contributed by atoms with Gasteiger partial charge in [-0.3, -0.25) is 4.79 Å². The number of hydrogen-bond acceptors (Lipinski definition) is 4. The van der Waals surface area contributed by atoms with Gasteiger partial charge >= 0.3 is 0 Å². The lowest BCUT2D eigenvalue weighted by Gasteiger charge is -2.30. The van der Waals surface area contributed by atoms with Crippen LogP contribution in [0.1, 0.15) is 88.7 Å². The molecule has 0 aliphatic rings. The van der Waals surface area contributed by atoms with Crippen LogP contribution in [-0.2, 0) is 10.8 Å². The minimum Gasteiger partial charge on any atom is -0.508 e. The van der Waals surface area contributed by atoms with Crippen molar-refractivity contribution in [3.8, 4) is 17.2 Å². The molecule has 0 spiro atoms. The van der Waals surface area contributed by atoms with E-state index in [1.54, 1.807) is 0 Å². The molecule has 0 aliphatic carbocycles. The van der Waals surface area contributed by atoms with Crippen LogP contribution in [-0.4, -0.2) is 29.3 Å². The molecule has 2 aromatic carbocycles. The number of phenolic OH excluding ortho intramolecular Hbond substituents is 2. The quantitative estimate of drug-likeness (QED) is 0.292. The third kappa shape index (κ3) is 6.41. The number of phenols is 2. The summed E-state index contributed by atoms with van der Waals surface area (Å²) in [4.78, 5) is 12.2. The van der Waals surface area contributed by atoms with Gasteiger partial charge in [0.25, 0.3) is 5.91 Å². The van der Waals surface area contributed by atoms with Gasteiger partial charge in [0.1, 0.15) is 17.2 Å². The number of amides is 1. The SMILES string of the molecule is CCC(C)(C)c1ccc(OCCCCNC(=O)c2cc(O)ccc2O)c(C(C)(C)CC)c1. The lowest BCUT2D eigenvalue weighted by Crippen LogP contribution is -2.25. The average Bonchev–Trinajstić information content (AvgIpc) is 2.77. The normalized spacial score (nSPS) is 11.9. The maximum atomic E-state index is 12.2. The van der Waals surface area contributed by atoms with Crippen molar-refractivity contribution in [2.45, 2.75) is 78.1 Å². The fourth-order valence-electron chi connectivity index (χ4n) is 3.41. The molecule has 2 rings (SSSR count). The van der Waals surface area contributed by atoms with Crippen LogP contribution in [0.2, 0.25) is 0 Å². The standard InChI is InChI=1S/C27H39NO4/c1-7-26(3,4)19-11-14-24(22(17-19)27(5,6)8-2)32-16-10-9-15-28-25(31)21-18-20(29)12-13-23(21)30/h11-14,17-18,29-30H,7-10,15-16H2,1-6H3,(H,28,31). The Kier molecular flexibility index (Phi) is 8.59. The van der Waals surface area contributed by atoms with E-state index in [9.17, 15) is 15.0 Å². The molecule has 1 amide bonds. The van der Waals surface area contributed by atoms with Crippen LogP contribution >= 0.6 is 0 Å². The van der Waals surface area contributed by atoms with Crippen molar-refractivity contribution in [2.24, 2.45) is 0 Å². The van der Waals surface area contributed by atoms with E-state index in [0.717, 1.165) is 31.4 Å². The van der Waals surface area contributed by atoms with Gasteiger partial charge in [0.2, 0.25) is 0 Å². The zero-order valence-corrected chi connectivity index (χ0v) is 20.4. The predicted molar refractivity (Wildman–Crippen MR) is 130 cm³/mol. The minimum atomic E-state index is -0.402. The van der Waals surface area contributed by atoms with Crippen molar-refractivity contribution in [3.63, 3.8) is 0 Å². The van der Waals surface area contributed by atoms with Crippen LogP contribution in [0.15, 0.2) is 36.4 Å². The van der Waals surface area contributed by atoms with Gasteiger partial charge in [-0.1, -0.05) is 53.7 Å². The number of benzene rings is 2. The molecule has 0 saturated heterocycles. The summed E-state index contributed by atoms with van der Waals surface area (Å²) in [6, 6.07) is 10.5. The second kappa shape index (κ2) is 10.8. The van der Waals surface area contributed by atoms with E-state index in [4.69, 9.17) is 4.74 Å². The van der Waals surface area contributed by atoms with Crippen LogP contribution in [0.4, 0.5) is 0 Å². The molecule has 0 unspecified atom stereocenters. The highest BCUT2D eigenvalue weighted by Crippen LogP contribution is 2.38. The third-order valence-electron chi connectivity index (χ3n) is 6.60. The zero-order valence-electron chi connectivity index (χ0n) is 20.4. The van der Waals surface area contributed by atoms with Crippen molar-refractivity contribution < 1.29 is 19.7 Å². The summed E-state index contributed by atoms with van der Waals surface area (Å²) >= 11 is 0. The molecule has 176 valence electrons. The molecule has 0 aromatic heterocycles. The third-order valence-corrected chi connectivity index (χ3v) is 6.60. The number of unbranched alkanes of at least 4 members (excludes halogenated alkanes) is 1. The number of carbonyl (C=O) groups excluding carboxylic acids is 1. The van der Waals surface area contributed by atoms with Crippen molar-refractivity contribution in [1.29, 1.82) is 0 Å². The van der Waals surface area contributed by atoms with E-state index in [1.807, 2.05) is 0 Å². The van der Waals surface area contributed by atoms with Crippen molar-refractivity contribution in [3.05, 3.63) is 53.1 Å². The fourth-order valence-corrected chi connectivity index (χ4v) is 3.41.